The Morgan fingerprint density at radius 2 is 1.84 bits per heavy atom. The number of carbonyl (C=O) groups is 2. The number of halogens is 1. The highest BCUT2D eigenvalue weighted by Crippen LogP contribution is 2.31. The third-order valence-corrected chi connectivity index (χ3v) is 7.20. The maximum absolute atomic E-state index is 15.7. The van der Waals surface area contributed by atoms with Crippen molar-refractivity contribution >= 4 is 34.4 Å². The van der Waals surface area contributed by atoms with Crippen LogP contribution in [0.1, 0.15) is 51.5 Å². The number of anilines is 1. The van der Waals surface area contributed by atoms with Crippen LogP contribution in [-0.4, -0.2) is 21.5 Å². The maximum Gasteiger partial charge on any atom is 0.230 e. The van der Waals surface area contributed by atoms with E-state index in [1.165, 1.54) is 24.0 Å². The molecule has 1 atom stereocenters. The fraction of sp³-hybridized carbons (Fsp3) is 0.281. The zero-order valence-corrected chi connectivity index (χ0v) is 21.7. The second-order valence-corrected chi connectivity index (χ2v) is 9.99. The number of carbonyl (C=O) groups excluding carboxylic acids is 2. The standard InChI is InChI=1S/C32H32FN3O2/c1-22(37)11-12-23-7-6-10-29(17-23)36(32(38)24-8-4-3-5-9-24)21-27-14-13-26(19-30(27)33)25-15-16-31-28(18-25)20-34-35(31)2/h6-7,10-20,24H,3-5,8-9,21H2,1-2H3/b12-11+/i21D. The van der Waals surface area contributed by atoms with Gasteiger partial charge in [-0.15, -0.1) is 0 Å². The zero-order chi connectivity index (χ0) is 27.5. The molecular formula is C32H32FN3O2. The number of nitrogens with zero attached hydrogens (tertiary/aromatic N) is 3. The number of hydrogen-bond donors (Lipinski definition) is 0. The van der Waals surface area contributed by atoms with Crippen LogP contribution in [-0.2, 0) is 23.2 Å². The van der Waals surface area contributed by atoms with Crippen LogP contribution in [0.3, 0.4) is 0 Å². The largest absolute Gasteiger partial charge is 0.308 e. The summed E-state index contributed by atoms with van der Waals surface area (Å²) >= 11 is 0. The summed E-state index contributed by atoms with van der Waals surface area (Å²) in [6, 6.07) is 17.8. The minimum absolute atomic E-state index is 0.0845. The van der Waals surface area contributed by atoms with Crippen LogP contribution < -0.4 is 4.90 Å². The highest BCUT2D eigenvalue weighted by atomic mass is 19.1. The fourth-order valence-corrected chi connectivity index (χ4v) is 5.10. The molecule has 5 rings (SSSR count). The van der Waals surface area contributed by atoms with Crippen LogP contribution in [0.25, 0.3) is 28.1 Å². The summed E-state index contributed by atoms with van der Waals surface area (Å²) < 4.78 is 26.5. The molecule has 1 aliphatic carbocycles. The van der Waals surface area contributed by atoms with Gasteiger partial charge >= 0.3 is 0 Å². The van der Waals surface area contributed by atoms with Gasteiger partial charge in [-0.1, -0.05) is 55.7 Å². The van der Waals surface area contributed by atoms with E-state index in [4.69, 9.17) is 1.37 Å². The predicted octanol–water partition coefficient (Wildman–Crippen LogP) is 7.10. The summed E-state index contributed by atoms with van der Waals surface area (Å²) in [5, 5.41) is 5.23. The number of amides is 1. The van der Waals surface area contributed by atoms with Crippen molar-refractivity contribution in [2.45, 2.75) is 45.5 Å². The highest BCUT2D eigenvalue weighted by Gasteiger charge is 2.28. The topological polar surface area (TPSA) is 55.2 Å². The molecular weight excluding hydrogens is 477 g/mol. The number of aromatic nitrogens is 2. The number of allylic oxidation sites excluding steroid dienone is 1. The Labute approximate surface area is 224 Å². The van der Waals surface area contributed by atoms with Crippen molar-refractivity contribution < 1.29 is 15.4 Å². The van der Waals surface area contributed by atoms with Gasteiger partial charge in [-0.25, -0.2) is 4.39 Å². The Kier molecular flexibility index (Phi) is 7.12. The van der Waals surface area contributed by atoms with E-state index in [0.717, 1.165) is 54.1 Å². The van der Waals surface area contributed by atoms with Crippen molar-refractivity contribution in [3.8, 4) is 11.1 Å². The smallest absolute Gasteiger partial charge is 0.230 e. The number of ketones is 1. The lowest BCUT2D eigenvalue weighted by Gasteiger charge is -2.30. The van der Waals surface area contributed by atoms with E-state index in [2.05, 4.69) is 5.10 Å². The summed E-state index contributed by atoms with van der Waals surface area (Å²) in [6.45, 7) is 0.210. The van der Waals surface area contributed by atoms with Gasteiger partial charge in [-0.3, -0.25) is 14.3 Å². The molecule has 3 aromatic carbocycles. The van der Waals surface area contributed by atoms with Crippen molar-refractivity contribution in [2.75, 3.05) is 4.90 Å². The molecule has 0 bridgehead atoms. The fourth-order valence-electron chi connectivity index (χ4n) is 5.10. The van der Waals surface area contributed by atoms with Gasteiger partial charge in [-0.05, 0) is 72.9 Å². The van der Waals surface area contributed by atoms with Gasteiger partial charge in [0.05, 0.1) is 19.6 Å². The van der Waals surface area contributed by atoms with Crippen molar-refractivity contribution in [1.29, 1.82) is 0 Å². The minimum Gasteiger partial charge on any atom is -0.308 e. The third kappa shape index (κ3) is 5.59. The van der Waals surface area contributed by atoms with E-state index in [0.29, 0.717) is 11.3 Å². The molecule has 1 amide bonds. The quantitative estimate of drug-likeness (QED) is 0.249. The molecule has 0 N–H and O–H groups in total. The molecule has 0 aliphatic heterocycles. The van der Waals surface area contributed by atoms with Crippen LogP contribution in [0.4, 0.5) is 10.1 Å². The van der Waals surface area contributed by atoms with E-state index in [-0.39, 0.29) is 23.2 Å². The molecule has 1 heterocycles. The molecule has 0 saturated heterocycles. The minimum atomic E-state index is -1.26. The predicted molar refractivity (Wildman–Crippen MR) is 150 cm³/mol. The molecule has 1 aromatic heterocycles. The average Bonchev–Trinajstić information content (AvgIpc) is 3.32. The van der Waals surface area contributed by atoms with Crippen molar-refractivity contribution in [2.24, 2.45) is 13.0 Å². The van der Waals surface area contributed by atoms with Gasteiger partial charge in [0, 0.05) is 29.6 Å². The third-order valence-electron chi connectivity index (χ3n) is 7.20. The van der Waals surface area contributed by atoms with Crippen molar-refractivity contribution in [3.05, 3.63) is 89.9 Å². The lowest BCUT2D eigenvalue weighted by atomic mass is 9.88. The number of benzene rings is 3. The maximum atomic E-state index is 15.7. The Morgan fingerprint density at radius 3 is 2.61 bits per heavy atom. The lowest BCUT2D eigenvalue weighted by Crippen LogP contribution is -2.37. The van der Waals surface area contributed by atoms with Crippen LogP contribution >= 0.6 is 0 Å². The first kappa shape index (κ1) is 24.3. The number of rotatable bonds is 7. The van der Waals surface area contributed by atoms with Crippen LogP contribution in [0, 0.1) is 11.7 Å². The molecule has 5 nitrogen and oxygen atoms in total. The molecule has 4 aromatic rings. The summed E-state index contributed by atoms with van der Waals surface area (Å²) in [6.07, 6.45) is 9.50. The second-order valence-electron chi connectivity index (χ2n) is 9.99. The van der Waals surface area contributed by atoms with Crippen LogP contribution in [0.2, 0.25) is 0 Å². The second kappa shape index (κ2) is 11.1. The summed E-state index contributed by atoms with van der Waals surface area (Å²) in [4.78, 5) is 26.7. The van der Waals surface area contributed by atoms with Gasteiger partial charge in [0.1, 0.15) is 5.82 Å². The SMILES string of the molecule is [2H]C(c1ccc(-c2ccc3c(cnn3C)c2)cc1F)N(C(=O)C1CCCCC1)c1cccc(/C=C/C(C)=O)c1. The Morgan fingerprint density at radius 1 is 1.08 bits per heavy atom. The van der Waals surface area contributed by atoms with Crippen molar-refractivity contribution in [1.82, 2.24) is 9.78 Å². The molecule has 1 aliphatic rings. The normalized spacial score (nSPS) is 15.5. The first-order valence-electron chi connectivity index (χ1n) is 13.6. The number of hydrogen-bond acceptors (Lipinski definition) is 3. The van der Waals surface area contributed by atoms with E-state index in [1.54, 1.807) is 47.3 Å². The number of fused-ring (bicyclic) bond motifs is 1. The van der Waals surface area contributed by atoms with Crippen LogP contribution in [0.5, 0.6) is 0 Å². The van der Waals surface area contributed by atoms with Gasteiger partial charge in [0.25, 0.3) is 0 Å². The first-order chi connectivity index (χ1) is 18.8. The Balaban J connectivity index is 1.50. The summed E-state index contributed by atoms with van der Waals surface area (Å²) in [5.41, 5.74) is 3.91. The van der Waals surface area contributed by atoms with Gasteiger partial charge < -0.3 is 4.90 Å². The van der Waals surface area contributed by atoms with E-state index in [9.17, 15) is 9.59 Å². The summed E-state index contributed by atoms with van der Waals surface area (Å²) in [7, 11) is 1.88. The molecule has 38 heavy (non-hydrogen) atoms. The Bertz CT molecular complexity index is 1550. The van der Waals surface area contributed by atoms with Gasteiger partial charge in [0.2, 0.25) is 5.91 Å². The monoisotopic (exact) mass is 510 g/mol. The molecule has 0 radical (unpaired) electrons. The number of aryl methyl sites for hydroxylation is 1. The van der Waals surface area contributed by atoms with E-state index in [1.807, 2.05) is 31.3 Å². The molecule has 1 unspecified atom stereocenters. The zero-order valence-electron chi connectivity index (χ0n) is 22.7. The van der Waals surface area contributed by atoms with Crippen molar-refractivity contribution in [3.63, 3.8) is 0 Å². The van der Waals surface area contributed by atoms with E-state index >= 15 is 4.39 Å². The first-order valence-corrected chi connectivity index (χ1v) is 13.1. The molecule has 1 fully saturated rings. The van der Waals surface area contributed by atoms with Crippen LogP contribution in [0.15, 0.2) is 72.9 Å². The highest BCUT2D eigenvalue weighted by molar-refractivity contribution is 5.96. The van der Waals surface area contributed by atoms with E-state index < -0.39 is 12.3 Å². The average molecular weight is 511 g/mol. The molecule has 194 valence electrons. The molecule has 1 saturated carbocycles. The van der Waals surface area contributed by atoms with Gasteiger partial charge in [-0.2, -0.15) is 5.10 Å². The Hall–Kier alpha value is -4.06. The summed E-state index contributed by atoms with van der Waals surface area (Å²) in [5.74, 6) is -0.976. The van der Waals surface area contributed by atoms with Gasteiger partial charge in [0.15, 0.2) is 5.78 Å². The molecule has 6 heteroatoms. The lowest BCUT2D eigenvalue weighted by molar-refractivity contribution is -0.123. The molecule has 0 spiro atoms.